The molecule has 0 spiro atoms. The number of rotatable bonds is 10. The van der Waals surface area contributed by atoms with Gasteiger partial charge in [-0.2, -0.15) is 0 Å². The third kappa shape index (κ3) is 4.73. The quantitative estimate of drug-likeness (QED) is 0.221. The number of ether oxygens (including phenoxy) is 2. The van der Waals surface area contributed by atoms with Crippen molar-refractivity contribution in [3.8, 4) is 5.75 Å². The summed E-state index contributed by atoms with van der Waals surface area (Å²) in [6.07, 6.45) is 3.04. The minimum Gasteiger partial charge on any atom is -0.503 e. The Labute approximate surface area is 215 Å². The van der Waals surface area contributed by atoms with Crippen molar-refractivity contribution in [3.05, 3.63) is 99.4 Å². The van der Waals surface area contributed by atoms with Gasteiger partial charge in [0.05, 0.1) is 22.2 Å². The van der Waals surface area contributed by atoms with Crippen LogP contribution in [0, 0.1) is 6.92 Å². The molecule has 2 aromatic heterocycles. The molecular formula is C26H22N2O6S2. The predicted molar refractivity (Wildman–Crippen MR) is 138 cm³/mol. The number of amides is 1. The summed E-state index contributed by atoms with van der Waals surface area (Å²) < 4.78 is 10.8. The molecule has 4 rings (SSSR count). The highest BCUT2D eigenvalue weighted by Gasteiger charge is 2.46. The molecule has 0 saturated heterocycles. The topological polar surface area (TPSA) is 106 Å². The van der Waals surface area contributed by atoms with Crippen LogP contribution < -0.4 is 9.64 Å². The molecule has 3 aromatic rings. The fourth-order valence-electron chi connectivity index (χ4n) is 3.69. The Kier molecular flexibility index (Phi) is 7.47. The van der Waals surface area contributed by atoms with E-state index < -0.39 is 29.5 Å². The molecule has 8 nitrogen and oxygen atoms in total. The number of thiophene rings is 1. The molecule has 1 atom stereocenters. The zero-order chi connectivity index (χ0) is 25.8. The Hall–Kier alpha value is -4.02. The van der Waals surface area contributed by atoms with Crippen molar-refractivity contribution < 1.29 is 29.0 Å². The maximum absolute atomic E-state index is 13.4. The largest absolute Gasteiger partial charge is 0.503 e. The highest BCUT2D eigenvalue weighted by Crippen LogP contribution is 2.44. The maximum atomic E-state index is 13.4. The highest BCUT2D eigenvalue weighted by molar-refractivity contribution is 7.17. The average Bonchev–Trinajstić information content (AvgIpc) is 3.60. The zero-order valence-electron chi connectivity index (χ0n) is 19.3. The summed E-state index contributed by atoms with van der Waals surface area (Å²) in [5.74, 6) is -2.04. The summed E-state index contributed by atoms with van der Waals surface area (Å²) in [6.45, 7) is 9.08. The minimum atomic E-state index is -0.998. The van der Waals surface area contributed by atoms with Crippen LogP contribution >= 0.6 is 22.7 Å². The Morgan fingerprint density at radius 3 is 2.67 bits per heavy atom. The molecule has 0 bridgehead atoms. The molecule has 3 heterocycles. The first-order chi connectivity index (χ1) is 17.4. The molecule has 0 saturated carbocycles. The first-order valence-electron chi connectivity index (χ1n) is 10.8. The fourth-order valence-corrected chi connectivity index (χ4v) is 5.36. The zero-order valence-corrected chi connectivity index (χ0v) is 20.9. The Morgan fingerprint density at radius 1 is 1.19 bits per heavy atom. The number of ketones is 1. The van der Waals surface area contributed by atoms with Crippen LogP contribution in [0.2, 0.25) is 0 Å². The monoisotopic (exact) mass is 522 g/mol. The van der Waals surface area contributed by atoms with Crippen molar-refractivity contribution in [1.82, 2.24) is 4.98 Å². The van der Waals surface area contributed by atoms with Crippen molar-refractivity contribution in [1.29, 1.82) is 0 Å². The first kappa shape index (κ1) is 25.1. The number of carbonyl (C=O) groups excluding carboxylic acids is 3. The van der Waals surface area contributed by atoms with E-state index in [0.717, 1.165) is 11.3 Å². The molecule has 1 N–H and O–H groups in total. The van der Waals surface area contributed by atoms with E-state index in [0.29, 0.717) is 21.9 Å². The van der Waals surface area contributed by atoms with Crippen LogP contribution in [0.25, 0.3) is 0 Å². The van der Waals surface area contributed by atoms with Crippen LogP contribution in [0.15, 0.2) is 78.4 Å². The van der Waals surface area contributed by atoms with Crippen LogP contribution in [0.1, 0.15) is 36.6 Å². The molecule has 1 amide bonds. The molecule has 1 aliphatic heterocycles. The summed E-state index contributed by atoms with van der Waals surface area (Å²) in [5, 5.41) is 12.8. The number of anilines is 1. The summed E-state index contributed by atoms with van der Waals surface area (Å²) in [7, 11) is 0. The lowest BCUT2D eigenvalue weighted by molar-refractivity contribution is -0.117. The van der Waals surface area contributed by atoms with Gasteiger partial charge in [-0.25, -0.2) is 9.78 Å². The van der Waals surface area contributed by atoms with E-state index in [1.165, 1.54) is 22.3 Å². The second-order valence-electron chi connectivity index (χ2n) is 7.62. The number of aliphatic hydroxyl groups is 1. The third-order valence-corrected chi connectivity index (χ3v) is 7.25. The number of hydrogen-bond donors (Lipinski definition) is 1. The highest BCUT2D eigenvalue weighted by atomic mass is 32.1. The van der Waals surface area contributed by atoms with Gasteiger partial charge in [0.1, 0.15) is 23.8 Å². The van der Waals surface area contributed by atoms with Crippen LogP contribution in [-0.4, -0.2) is 41.0 Å². The molecule has 0 radical (unpaired) electrons. The van der Waals surface area contributed by atoms with E-state index in [1.807, 2.05) is 0 Å². The summed E-state index contributed by atoms with van der Waals surface area (Å²) in [5.41, 5.74) is 0.806. The minimum absolute atomic E-state index is 0.0239. The number of benzene rings is 1. The van der Waals surface area contributed by atoms with E-state index in [4.69, 9.17) is 9.47 Å². The second kappa shape index (κ2) is 10.7. The molecule has 184 valence electrons. The molecule has 1 aliphatic rings. The average molecular weight is 523 g/mol. The summed E-state index contributed by atoms with van der Waals surface area (Å²) in [6, 6.07) is 9.22. The Morgan fingerprint density at radius 2 is 1.97 bits per heavy atom. The van der Waals surface area contributed by atoms with Crippen molar-refractivity contribution in [2.24, 2.45) is 0 Å². The van der Waals surface area contributed by atoms with Gasteiger partial charge in [0, 0.05) is 0 Å². The number of aromatic nitrogens is 1. The van der Waals surface area contributed by atoms with Crippen LogP contribution in [0.4, 0.5) is 5.13 Å². The Bertz CT molecular complexity index is 1370. The number of aryl methyl sites for hydroxylation is 1. The number of thiazole rings is 1. The standard InChI is InChI=1S/C26H22N2O6S2/c1-4-11-33-17-9-6-8-16(14-17)20-19(21(29)18-10-7-13-35-18)22(30)24(31)28(20)26-27-15(3)23(36-26)25(32)34-12-5-2/h4-10,13-14,20,30H,1-2,11-12H2,3H3. The van der Waals surface area contributed by atoms with E-state index in [1.54, 1.807) is 54.8 Å². The molecule has 0 fully saturated rings. The van der Waals surface area contributed by atoms with Gasteiger partial charge in [0.15, 0.2) is 10.9 Å². The van der Waals surface area contributed by atoms with Crippen LogP contribution in [0.3, 0.4) is 0 Å². The van der Waals surface area contributed by atoms with Crippen molar-refractivity contribution >= 4 is 45.5 Å². The lowest BCUT2D eigenvalue weighted by Gasteiger charge is -2.24. The van der Waals surface area contributed by atoms with Gasteiger partial charge in [-0.3, -0.25) is 14.5 Å². The SMILES string of the molecule is C=CCOC(=O)c1sc(N2C(=O)C(O)=C(C(=O)c3cccs3)C2c2cccc(OCC=C)c2)nc1C. The number of aliphatic hydroxyl groups excluding tert-OH is 1. The maximum Gasteiger partial charge on any atom is 0.350 e. The lowest BCUT2D eigenvalue weighted by Crippen LogP contribution is -2.31. The smallest absolute Gasteiger partial charge is 0.350 e. The van der Waals surface area contributed by atoms with Crippen molar-refractivity contribution in [3.63, 3.8) is 0 Å². The molecule has 10 heteroatoms. The predicted octanol–water partition coefficient (Wildman–Crippen LogP) is 5.20. The van der Waals surface area contributed by atoms with Gasteiger partial charge in [0.25, 0.3) is 5.91 Å². The molecule has 0 aliphatic carbocycles. The van der Waals surface area contributed by atoms with Gasteiger partial charge >= 0.3 is 5.97 Å². The number of Topliss-reactive ketones (excluding diaryl/α,β-unsaturated/α-hetero) is 1. The summed E-state index contributed by atoms with van der Waals surface area (Å²) >= 11 is 2.15. The number of hydrogen-bond acceptors (Lipinski definition) is 9. The fraction of sp³-hybridized carbons (Fsp3) is 0.154. The summed E-state index contributed by atoms with van der Waals surface area (Å²) in [4.78, 5) is 45.5. The van der Waals surface area contributed by atoms with Gasteiger partial charge in [-0.05, 0) is 36.1 Å². The second-order valence-corrected chi connectivity index (χ2v) is 9.54. The van der Waals surface area contributed by atoms with Crippen molar-refractivity contribution in [2.75, 3.05) is 18.1 Å². The van der Waals surface area contributed by atoms with Gasteiger partial charge < -0.3 is 14.6 Å². The van der Waals surface area contributed by atoms with Crippen LogP contribution in [-0.2, 0) is 9.53 Å². The normalized spacial score (nSPS) is 15.2. The first-order valence-corrected chi connectivity index (χ1v) is 12.5. The molecule has 36 heavy (non-hydrogen) atoms. The van der Waals surface area contributed by atoms with E-state index in [9.17, 15) is 19.5 Å². The number of nitrogens with zero attached hydrogens (tertiary/aromatic N) is 2. The van der Waals surface area contributed by atoms with E-state index in [2.05, 4.69) is 18.1 Å². The van der Waals surface area contributed by atoms with Crippen LogP contribution in [0.5, 0.6) is 5.75 Å². The number of carbonyl (C=O) groups is 3. The Balaban J connectivity index is 1.82. The van der Waals surface area contributed by atoms with Gasteiger partial charge in [-0.1, -0.05) is 54.8 Å². The van der Waals surface area contributed by atoms with Gasteiger partial charge in [0.2, 0.25) is 5.78 Å². The van der Waals surface area contributed by atoms with E-state index >= 15 is 0 Å². The van der Waals surface area contributed by atoms with Gasteiger partial charge in [-0.15, -0.1) is 11.3 Å². The molecular weight excluding hydrogens is 500 g/mol. The molecule has 1 unspecified atom stereocenters. The third-order valence-electron chi connectivity index (χ3n) is 5.25. The van der Waals surface area contributed by atoms with Crippen molar-refractivity contribution in [2.45, 2.75) is 13.0 Å². The molecule has 1 aromatic carbocycles. The lowest BCUT2D eigenvalue weighted by atomic mass is 9.95. The number of esters is 1. The van der Waals surface area contributed by atoms with E-state index in [-0.39, 0.29) is 28.8 Å².